The summed E-state index contributed by atoms with van der Waals surface area (Å²) >= 11 is 0. The molecule has 0 amide bonds. The summed E-state index contributed by atoms with van der Waals surface area (Å²) in [5, 5.41) is 0. The minimum absolute atomic E-state index is 0.0658. The zero-order valence-electron chi connectivity index (χ0n) is 11.3. The van der Waals surface area contributed by atoms with Crippen LogP contribution in [0.5, 0.6) is 0 Å². The van der Waals surface area contributed by atoms with Crippen LogP contribution in [0.25, 0.3) is 0 Å². The molecule has 2 atom stereocenters. The van der Waals surface area contributed by atoms with Crippen molar-refractivity contribution in [1.82, 2.24) is 4.90 Å². The molecule has 2 N–H and O–H groups in total. The summed E-state index contributed by atoms with van der Waals surface area (Å²) in [5.74, 6) is 0.528. The van der Waals surface area contributed by atoms with E-state index in [1.165, 1.54) is 0 Å². The maximum Gasteiger partial charge on any atom is 0.323 e. The van der Waals surface area contributed by atoms with Gasteiger partial charge in [0.25, 0.3) is 0 Å². The molecule has 0 spiro atoms. The highest BCUT2D eigenvalue weighted by Gasteiger charge is 2.30. The van der Waals surface area contributed by atoms with Gasteiger partial charge in [-0.2, -0.15) is 0 Å². The molecule has 17 heavy (non-hydrogen) atoms. The number of nitrogens with two attached hydrogens (primary N) is 1. The fourth-order valence-corrected chi connectivity index (χ4v) is 2.57. The molecule has 0 aromatic rings. The number of hydrogen-bond acceptors (Lipinski definition) is 4. The lowest BCUT2D eigenvalue weighted by Crippen LogP contribution is -2.48. The van der Waals surface area contributed by atoms with Gasteiger partial charge in [-0.25, -0.2) is 0 Å². The van der Waals surface area contributed by atoms with Gasteiger partial charge in [0.15, 0.2) is 0 Å². The van der Waals surface area contributed by atoms with Crippen LogP contribution in [-0.4, -0.2) is 42.6 Å². The van der Waals surface area contributed by atoms with E-state index in [0.717, 1.165) is 32.4 Å². The summed E-state index contributed by atoms with van der Waals surface area (Å²) in [5.41, 5.74) is 5.92. The largest absolute Gasteiger partial charge is 0.465 e. The van der Waals surface area contributed by atoms with Gasteiger partial charge in [-0.1, -0.05) is 6.92 Å². The first-order valence-electron chi connectivity index (χ1n) is 6.76. The molecule has 1 heterocycles. The number of esters is 1. The van der Waals surface area contributed by atoms with Gasteiger partial charge in [0.05, 0.1) is 6.61 Å². The topological polar surface area (TPSA) is 55.6 Å². The SMILES string of the molecule is CCOC(=O)C(CC)N1CCC(C(C)N)CC1. The van der Waals surface area contributed by atoms with Gasteiger partial charge < -0.3 is 10.5 Å². The maximum absolute atomic E-state index is 11.8. The molecule has 1 saturated heterocycles. The monoisotopic (exact) mass is 242 g/mol. The second kappa shape index (κ2) is 6.97. The number of carbonyl (C=O) groups is 1. The van der Waals surface area contributed by atoms with E-state index >= 15 is 0 Å². The highest BCUT2D eigenvalue weighted by Crippen LogP contribution is 2.22. The molecule has 0 saturated carbocycles. The van der Waals surface area contributed by atoms with Crippen LogP contribution in [0.2, 0.25) is 0 Å². The third-order valence-corrected chi connectivity index (χ3v) is 3.70. The van der Waals surface area contributed by atoms with Crippen LogP contribution >= 0.6 is 0 Å². The Labute approximate surface area is 104 Å². The van der Waals surface area contributed by atoms with E-state index in [0.29, 0.717) is 12.5 Å². The summed E-state index contributed by atoms with van der Waals surface area (Å²) in [6.07, 6.45) is 3.00. The molecule has 4 nitrogen and oxygen atoms in total. The third-order valence-electron chi connectivity index (χ3n) is 3.70. The molecule has 1 aliphatic rings. The van der Waals surface area contributed by atoms with Gasteiger partial charge in [0.1, 0.15) is 6.04 Å². The van der Waals surface area contributed by atoms with E-state index in [2.05, 4.69) is 11.8 Å². The number of likely N-dealkylation sites (tertiary alicyclic amines) is 1. The number of hydrogen-bond donors (Lipinski definition) is 1. The number of nitrogens with zero attached hydrogens (tertiary/aromatic N) is 1. The zero-order chi connectivity index (χ0) is 12.8. The van der Waals surface area contributed by atoms with Crippen molar-refractivity contribution in [2.45, 2.75) is 52.1 Å². The smallest absolute Gasteiger partial charge is 0.323 e. The Balaban J connectivity index is 2.47. The summed E-state index contributed by atoms with van der Waals surface area (Å²) in [6, 6.07) is 0.198. The van der Waals surface area contributed by atoms with Crippen molar-refractivity contribution in [3.05, 3.63) is 0 Å². The van der Waals surface area contributed by atoms with E-state index in [-0.39, 0.29) is 18.1 Å². The van der Waals surface area contributed by atoms with Gasteiger partial charge in [-0.15, -0.1) is 0 Å². The second-order valence-electron chi connectivity index (χ2n) is 4.91. The van der Waals surface area contributed by atoms with Crippen LogP contribution in [0.3, 0.4) is 0 Å². The molecule has 4 heteroatoms. The number of piperidine rings is 1. The molecule has 1 fully saturated rings. The normalized spacial score (nSPS) is 22.1. The van der Waals surface area contributed by atoms with Gasteiger partial charge in [0, 0.05) is 6.04 Å². The highest BCUT2D eigenvalue weighted by molar-refractivity contribution is 5.75. The molecule has 0 aliphatic carbocycles. The van der Waals surface area contributed by atoms with Crippen molar-refractivity contribution >= 4 is 5.97 Å². The Morgan fingerprint density at radius 3 is 2.41 bits per heavy atom. The van der Waals surface area contributed by atoms with E-state index in [4.69, 9.17) is 10.5 Å². The minimum atomic E-state index is -0.0748. The van der Waals surface area contributed by atoms with Crippen molar-refractivity contribution in [3.8, 4) is 0 Å². The van der Waals surface area contributed by atoms with Gasteiger partial charge in [-0.3, -0.25) is 9.69 Å². The molecule has 2 unspecified atom stereocenters. The van der Waals surface area contributed by atoms with Crippen LogP contribution in [0, 0.1) is 5.92 Å². The van der Waals surface area contributed by atoms with E-state index in [1.807, 2.05) is 13.8 Å². The first-order valence-corrected chi connectivity index (χ1v) is 6.76. The summed E-state index contributed by atoms with van der Waals surface area (Å²) in [7, 11) is 0. The lowest BCUT2D eigenvalue weighted by Gasteiger charge is -2.37. The van der Waals surface area contributed by atoms with Gasteiger partial charge in [-0.05, 0) is 52.1 Å². The van der Waals surface area contributed by atoms with Crippen molar-refractivity contribution in [2.24, 2.45) is 11.7 Å². The lowest BCUT2D eigenvalue weighted by molar-refractivity contribution is -0.150. The van der Waals surface area contributed by atoms with Crippen LogP contribution < -0.4 is 5.73 Å². The van der Waals surface area contributed by atoms with Crippen molar-refractivity contribution in [2.75, 3.05) is 19.7 Å². The Bertz CT molecular complexity index is 236. The molecule has 100 valence electrons. The predicted octanol–water partition coefficient (Wildman–Crippen LogP) is 1.39. The van der Waals surface area contributed by atoms with E-state index < -0.39 is 0 Å². The van der Waals surface area contributed by atoms with Crippen molar-refractivity contribution in [3.63, 3.8) is 0 Å². The lowest BCUT2D eigenvalue weighted by atomic mass is 9.90. The molecule has 0 aromatic heterocycles. The molecular formula is C13H26N2O2. The zero-order valence-corrected chi connectivity index (χ0v) is 11.3. The van der Waals surface area contributed by atoms with Crippen LogP contribution in [-0.2, 0) is 9.53 Å². The minimum Gasteiger partial charge on any atom is -0.465 e. The fraction of sp³-hybridized carbons (Fsp3) is 0.923. The van der Waals surface area contributed by atoms with Crippen LogP contribution in [0.15, 0.2) is 0 Å². The summed E-state index contributed by atoms with van der Waals surface area (Å²) in [4.78, 5) is 14.0. The standard InChI is InChI=1S/C13H26N2O2/c1-4-12(13(16)17-5-2)15-8-6-11(7-9-15)10(3)14/h10-12H,4-9,14H2,1-3H3. The Morgan fingerprint density at radius 1 is 1.41 bits per heavy atom. The number of ether oxygens (including phenoxy) is 1. The number of rotatable bonds is 5. The van der Waals surface area contributed by atoms with Gasteiger partial charge >= 0.3 is 5.97 Å². The first kappa shape index (κ1) is 14.5. The first-order chi connectivity index (χ1) is 8.10. The van der Waals surface area contributed by atoms with E-state index in [9.17, 15) is 4.79 Å². The molecule has 0 radical (unpaired) electrons. The molecular weight excluding hydrogens is 216 g/mol. The Morgan fingerprint density at radius 2 is 2.00 bits per heavy atom. The van der Waals surface area contributed by atoms with Gasteiger partial charge in [0.2, 0.25) is 0 Å². The number of carbonyl (C=O) groups excluding carboxylic acids is 1. The average molecular weight is 242 g/mol. The maximum atomic E-state index is 11.8. The highest BCUT2D eigenvalue weighted by atomic mass is 16.5. The van der Waals surface area contributed by atoms with Crippen molar-refractivity contribution < 1.29 is 9.53 Å². The second-order valence-corrected chi connectivity index (χ2v) is 4.91. The van der Waals surface area contributed by atoms with E-state index in [1.54, 1.807) is 0 Å². The third kappa shape index (κ3) is 3.96. The Kier molecular flexibility index (Phi) is 5.92. The van der Waals surface area contributed by atoms with Crippen LogP contribution in [0.4, 0.5) is 0 Å². The van der Waals surface area contributed by atoms with Crippen LogP contribution in [0.1, 0.15) is 40.0 Å². The molecule has 1 rings (SSSR count). The Hall–Kier alpha value is -0.610. The van der Waals surface area contributed by atoms with Crippen molar-refractivity contribution in [1.29, 1.82) is 0 Å². The summed E-state index contributed by atoms with van der Waals surface area (Å²) in [6.45, 7) is 8.36. The molecule has 0 aromatic carbocycles. The summed E-state index contributed by atoms with van der Waals surface area (Å²) < 4.78 is 5.12. The quantitative estimate of drug-likeness (QED) is 0.740. The average Bonchev–Trinajstić information content (AvgIpc) is 2.31. The molecule has 0 bridgehead atoms. The fourth-order valence-electron chi connectivity index (χ4n) is 2.57. The predicted molar refractivity (Wildman–Crippen MR) is 68.7 cm³/mol. The molecule has 1 aliphatic heterocycles.